The molecule has 0 radical (unpaired) electrons. The first-order chi connectivity index (χ1) is 13.4. The van der Waals surface area contributed by atoms with Crippen LogP contribution >= 0.6 is 11.3 Å². The molecule has 0 saturated heterocycles. The van der Waals surface area contributed by atoms with Crippen LogP contribution < -0.4 is 24.7 Å². The number of fused-ring (bicyclic) bond motifs is 1. The minimum atomic E-state index is -0.642. The first-order valence-corrected chi connectivity index (χ1v) is 9.07. The van der Waals surface area contributed by atoms with Crippen LogP contribution in [-0.4, -0.2) is 37.2 Å². The Labute approximate surface area is 164 Å². The molecular weight excluding hydrogens is 382 g/mol. The van der Waals surface area contributed by atoms with Crippen molar-refractivity contribution in [1.29, 1.82) is 0 Å². The van der Waals surface area contributed by atoms with Crippen LogP contribution in [0.25, 0.3) is 10.2 Å². The van der Waals surface area contributed by atoms with Crippen LogP contribution in [0.5, 0.6) is 17.2 Å². The van der Waals surface area contributed by atoms with Gasteiger partial charge in [-0.05, 0) is 24.3 Å². The molecule has 3 rings (SSSR count). The lowest BCUT2D eigenvalue weighted by Gasteiger charge is -2.14. The van der Waals surface area contributed by atoms with E-state index in [1.54, 1.807) is 0 Å². The molecule has 0 fully saturated rings. The third-order valence-electron chi connectivity index (χ3n) is 3.98. The number of thiazole rings is 1. The van der Waals surface area contributed by atoms with Gasteiger partial charge in [-0.3, -0.25) is 9.59 Å². The van der Waals surface area contributed by atoms with Gasteiger partial charge in [0.25, 0.3) is 11.8 Å². The smallest absolute Gasteiger partial charge is 0.279 e. The number of methoxy groups -OCH3 is 2. The SMILES string of the molecule is COc1cc(C(=O)N=c2sc3ccccc3n2C)cc(OC)c1OCC(N)=O. The van der Waals surface area contributed by atoms with Crippen molar-refractivity contribution in [3.05, 3.63) is 46.8 Å². The third-order valence-corrected chi connectivity index (χ3v) is 5.09. The number of nitrogens with two attached hydrogens (primary N) is 1. The van der Waals surface area contributed by atoms with Gasteiger partial charge in [0.05, 0.1) is 24.4 Å². The Morgan fingerprint density at radius 1 is 1.14 bits per heavy atom. The quantitative estimate of drug-likeness (QED) is 0.679. The highest BCUT2D eigenvalue weighted by atomic mass is 32.1. The minimum Gasteiger partial charge on any atom is -0.493 e. The maximum absolute atomic E-state index is 12.8. The molecule has 0 aliphatic heterocycles. The van der Waals surface area contributed by atoms with Crippen LogP contribution in [0.2, 0.25) is 0 Å². The van der Waals surface area contributed by atoms with Crippen LogP contribution in [0.3, 0.4) is 0 Å². The standard InChI is InChI=1S/C19H19N3O5S/c1-22-12-6-4-5-7-15(12)28-19(22)21-18(24)11-8-13(25-2)17(14(9-11)26-3)27-10-16(20)23/h4-9H,10H2,1-3H3,(H2,20,23). The Bertz CT molecular complexity index is 1090. The number of hydrogen-bond donors (Lipinski definition) is 1. The van der Waals surface area contributed by atoms with Gasteiger partial charge in [-0.2, -0.15) is 4.99 Å². The second kappa shape index (κ2) is 8.13. The average molecular weight is 401 g/mol. The molecule has 0 saturated carbocycles. The molecule has 0 spiro atoms. The number of nitrogens with zero attached hydrogens (tertiary/aromatic N) is 2. The number of hydrogen-bond acceptors (Lipinski definition) is 6. The van der Waals surface area contributed by atoms with Gasteiger partial charge in [0.15, 0.2) is 22.9 Å². The van der Waals surface area contributed by atoms with Gasteiger partial charge in [0, 0.05) is 12.6 Å². The van der Waals surface area contributed by atoms with E-state index in [4.69, 9.17) is 19.9 Å². The van der Waals surface area contributed by atoms with Gasteiger partial charge < -0.3 is 24.5 Å². The normalized spacial score (nSPS) is 11.5. The van der Waals surface area contributed by atoms with E-state index in [1.807, 2.05) is 35.9 Å². The molecule has 0 atom stereocenters. The van der Waals surface area contributed by atoms with Gasteiger partial charge in [0.1, 0.15) is 0 Å². The molecule has 9 heteroatoms. The number of aromatic nitrogens is 1. The number of ether oxygens (including phenoxy) is 3. The highest BCUT2D eigenvalue weighted by Gasteiger charge is 2.18. The molecular formula is C19H19N3O5S. The topological polar surface area (TPSA) is 105 Å². The summed E-state index contributed by atoms with van der Waals surface area (Å²) in [6.45, 7) is -0.345. The summed E-state index contributed by atoms with van der Waals surface area (Å²) < 4.78 is 18.8. The summed E-state index contributed by atoms with van der Waals surface area (Å²) in [4.78, 5) is 28.6. The van der Waals surface area contributed by atoms with Crippen molar-refractivity contribution < 1.29 is 23.8 Å². The molecule has 1 heterocycles. The predicted molar refractivity (Wildman–Crippen MR) is 105 cm³/mol. The number of para-hydroxylation sites is 1. The van der Waals surface area contributed by atoms with Crippen molar-refractivity contribution in [2.24, 2.45) is 17.8 Å². The van der Waals surface area contributed by atoms with E-state index in [0.29, 0.717) is 4.80 Å². The lowest BCUT2D eigenvalue weighted by Crippen LogP contribution is -2.20. The van der Waals surface area contributed by atoms with Crippen molar-refractivity contribution in [3.63, 3.8) is 0 Å². The highest BCUT2D eigenvalue weighted by Crippen LogP contribution is 2.38. The minimum absolute atomic E-state index is 0.188. The van der Waals surface area contributed by atoms with Crippen LogP contribution in [0.15, 0.2) is 41.4 Å². The number of amides is 2. The van der Waals surface area contributed by atoms with Crippen molar-refractivity contribution in [3.8, 4) is 17.2 Å². The molecule has 8 nitrogen and oxygen atoms in total. The number of primary amides is 1. The summed E-state index contributed by atoms with van der Waals surface area (Å²) in [6.07, 6.45) is 0. The molecule has 3 aromatic rings. The summed E-state index contributed by atoms with van der Waals surface area (Å²) in [5, 5.41) is 0. The number of rotatable bonds is 6. The van der Waals surface area contributed by atoms with Gasteiger partial charge in [-0.1, -0.05) is 23.5 Å². The molecule has 146 valence electrons. The zero-order valence-corrected chi connectivity index (χ0v) is 16.4. The Hall–Kier alpha value is -3.33. The molecule has 0 aliphatic rings. The Morgan fingerprint density at radius 2 is 1.79 bits per heavy atom. The fraction of sp³-hybridized carbons (Fsp3) is 0.211. The molecule has 2 aromatic carbocycles. The lowest BCUT2D eigenvalue weighted by molar-refractivity contribution is -0.120. The number of aryl methyl sites for hydroxylation is 1. The second-order valence-electron chi connectivity index (χ2n) is 5.79. The number of benzene rings is 2. The first kappa shape index (κ1) is 19.4. The fourth-order valence-electron chi connectivity index (χ4n) is 2.63. The molecule has 0 unspecified atom stereocenters. The van der Waals surface area contributed by atoms with Crippen LogP contribution in [0.1, 0.15) is 10.4 Å². The summed E-state index contributed by atoms with van der Waals surface area (Å²) in [7, 11) is 4.69. The zero-order valence-electron chi connectivity index (χ0n) is 15.6. The van der Waals surface area contributed by atoms with E-state index < -0.39 is 11.8 Å². The Morgan fingerprint density at radius 3 is 2.36 bits per heavy atom. The van der Waals surface area contributed by atoms with Gasteiger partial charge >= 0.3 is 0 Å². The summed E-state index contributed by atoms with van der Waals surface area (Å²) in [5.74, 6) is -0.441. The Kier molecular flexibility index (Phi) is 5.65. The largest absolute Gasteiger partial charge is 0.493 e. The molecule has 28 heavy (non-hydrogen) atoms. The van der Waals surface area contributed by atoms with Crippen LogP contribution in [0, 0.1) is 0 Å². The van der Waals surface area contributed by atoms with E-state index >= 15 is 0 Å². The maximum atomic E-state index is 12.8. The number of carbonyl (C=O) groups is 2. The monoisotopic (exact) mass is 401 g/mol. The van der Waals surface area contributed by atoms with Gasteiger partial charge in [-0.15, -0.1) is 0 Å². The van der Waals surface area contributed by atoms with E-state index in [2.05, 4.69) is 4.99 Å². The molecule has 2 N–H and O–H groups in total. The predicted octanol–water partition coefficient (Wildman–Crippen LogP) is 1.86. The third kappa shape index (κ3) is 3.84. The maximum Gasteiger partial charge on any atom is 0.279 e. The van der Waals surface area contributed by atoms with E-state index in [-0.39, 0.29) is 29.4 Å². The summed E-state index contributed by atoms with van der Waals surface area (Å²) in [6, 6.07) is 10.8. The highest BCUT2D eigenvalue weighted by molar-refractivity contribution is 7.16. The molecule has 2 amide bonds. The van der Waals surface area contributed by atoms with Crippen molar-refractivity contribution in [1.82, 2.24) is 4.57 Å². The van der Waals surface area contributed by atoms with Gasteiger partial charge in [0.2, 0.25) is 5.75 Å². The van der Waals surface area contributed by atoms with E-state index in [9.17, 15) is 9.59 Å². The van der Waals surface area contributed by atoms with Crippen molar-refractivity contribution in [2.75, 3.05) is 20.8 Å². The number of carbonyl (C=O) groups excluding carboxylic acids is 2. The van der Waals surface area contributed by atoms with E-state index in [0.717, 1.165) is 10.2 Å². The zero-order chi connectivity index (χ0) is 20.3. The summed E-state index contributed by atoms with van der Waals surface area (Å²) in [5.41, 5.74) is 6.37. The summed E-state index contributed by atoms with van der Waals surface area (Å²) >= 11 is 1.42. The first-order valence-electron chi connectivity index (χ1n) is 8.25. The lowest BCUT2D eigenvalue weighted by atomic mass is 10.1. The molecule has 0 aliphatic carbocycles. The molecule has 0 bridgehead atoms. The average Bonchev–Trinajstić information content (AvgIpc) is 3.01. The molecule has 1 aromatic heterocycles. The van der Waals surface area contributed by atoms with Gasteiger partial charge in [-0.25, -0.2) is 0 Å². The van der Waals surface area contributed by atoms with E-state index in [1.165, 1.54) is 37.7 Å². The van der Waals surface area contributed by atoms with Crippen LogP contribution in [0.4, 0.5) is 0 Å². The van der Waals surface area contributed by atoms with Crippen molar-refractivity contribution >= 4 is 33.4 Å². The van der Waals surface area contributed by atoms with Crippen molar-refractivity contribution in [2.45, 2.75) is 0 Å². The van der Waals surface area contributed by atoms with Crippen LogP contribution in [-0.2, 0) is 11.8 Å². The fourth-order valence-corrected chi connectivity index (χ4v) is 3.65. The second-order valence-corrected chi connectivity index (χ2v) is 6.80. The Balaban J connectivity index is 2.03.